The van der Waals surface area contributed by atoms with E-state index in [0.717, 1.165) is 28.6 Å². The average Bonchev–Trinajstić information content (AvgIpc) is 2.69. The number of hydrogen-bond acceptors (Lipinski definition) is 3. The fourth-order valence-corrected chi connectivity index (χ4v) is 3.50. The zero-order chi connectivity index (χ0) is 19.9. The van der Waals surface area contributed by atoms with Crippen molar-refractivity contribution >= 4 is 29.1 Å². The van der Waals surface area contributed by atoms with Crippen LogP contribution in [-0.2, 0) is 11.2 Å². The number of halogens is 1. The molecule has 1 amide bonds. The molecule has 28 heavy (non-hydrogen) atoms. The lowest BCUT2D eigenvalue weighted by atomic mass is 10.0. The molecule has 0 radical (unpaired) electrons. The Morgan fingerprint density at radius 2 is 1.68 bits per heavy atom. The second-order valence-electron chi connectivity index (χ2n) is 6.36. The first kappa shape index (κ1) is 19.8. The number of amides is 1. The van der Waals surface area contributed by atoms with Gasteiger partial charge in [-0.1, -0.05) is 54.6 Å². The number of rotatable bonds is 7. The van der Waals surface area contributed by atoms with Gasteiger partial charge in [0, 0.05) is 16.1 Å². The number of Topliss-reactive ketones (excluding diaryl/α,β-unsaturated/α-hetero) is 1. The molecule has 0 atom stereocenters. The number of carbonyl (C=O) groups excluding carboxylic acids is 2. The van der Waals surface area contributed by atoms with Crippen LogP contribution >= 0.6 is 11.8 Å². The maximum Gasteiger partial charge on any atom is 0.234 e. The van der Waals surface area contributed by atoms with E-state index in [4.69, 9.17) is 0 Å². The van der Waals surface area contributed by atoms with E-state index in [-0.39, 0.29) is 17.4 Å². The lowest BCUT2D eigenvalue weighted by Gasteiger charge is -2.11. The minimum absolute atomic E-state index is 0.0794. The summed E-state index contributed by atoms with van der Waals surface area (Å²) in [4.78, 5) is 24.0. The van der Waals surface area contributed by atoms with Crippen LogP contribution in [0.4, 0.5) is 10.1 Å². The van der Waals surface area contributed by atoms with Crippen molar-refractivity contribution in [3.63, 3.8) is 0 Å². The SMILES string of the molecule is CC(=O)c1ccc(SCC(=O)Nc2ccccc2Cc2ccccc2)c(F)c1. The van der Waals surface area contributed by atoms with Crippen LogP contribution < -0.4 is 5.32 Å². The average molecular weight is 393 g/mol. The van der Waals surface area contributed by atoms with E-state index in [2.05, 4.69) is 5.32 Å². The van der Waals surface area contributed by atoms with Gasteiger partial charge in [0.1, 0.15) is 5.82 Å². The summed E-state index contributed by atoms with van der Waals surface area (Å²) < 4.78 is 14.1. The van der Waals surface area contributed by atoms with Gasteiger partial charge in [0.2, 0.25) is 5.91 Å². The number of thioether (sulfide) groups is 1. The van der Waals surface area contributed by atoms with Crippen molar-refractivity contribution in [2.45, 2.75) is 18.2 Å². The van der Waals surface area contributed by atoms with E-state index in [1.165, 1.54) is 19.1 Å². The molecule has 0 unspecified atom stereocenters. The van der Waals surface area contributed by atoms with Gasteiger partial charge >= 0.3 is 0 Å². The first-order chi connectivity index (χ1) is 13.5. The third kappa shape index (κ3) is 5.30. The normalized spacial score (nSPS) is 10.5. The molecule has 0 saturated heterocycles. The summed E-state index contributed by atoms with van der Waals surface area (Å²) in [6, 6.07) is 22.0. The molecule has 3 rings (SSSR count). The molecule has 3 aromatic rings. The van der Waals surface area contributed by atoms with Crippen LogP contribution in [0.15, 0.2) is 77.7 Å². The van der Waals surface area contributed by atoms with Crippen molar-refractivity contribution in [3.8, 4) is 0 Å². The minimum Gasteiger partial charge on any atom is -0.325 e. The van der Waals surface area contributed by atoms with E-state index >= 15 is 0 Å². The molecule has 5 heteroatoms. The molecule has 3 nitrogen and oxygen atoms in total. The number of para-hydroxylation sites is 1. The fourth-order valence-electron chi connectivity index (χ4n) is 2.78. The van der Waals surface area contributed by atoms with Crippen LogP contribution in [0.3, 0.4) is 0 Å². The third-order valence-electron chi connectivity index (χ3n) is 4.23. The molecule has 0 aliphatic carbocycles. The highest BCUT2D eigenvalue weighted by Crippen LogP contribution is 2.24. The Balaban J connectivity index is 1.63. The van der Waals surface area contributed by atoms with Gasteiger partial charge in [-0.3, -0.25) is 9.59 Å². The summed E-state index contributed by atoms with van der Waals surface area (Å²) >= 11 is 1.11. The van der Waals surface area contributed by atoms with Crippen LogP contribution in [0.5, 0.6) is 0 Å². The molecule has 1 N–H and O–H groups in total. The van der Waals surface area contributed by atoms with Crippen molar-refractivity contribution < 1.29 is 14.0 Å². The van der Waals surface area contributed by atoms with E-state index in [1.807, 2.05) is 54.6 Å². The zero-order valence-electron chi connectivity index (χ0n) is 15.4. The molecule has 0 spiro atoms. The van der Waals surface area contributed by atoms with Crippen LogP contribution in [-0.4, -0.2) is 17.4 Å². The molecule has 0 aliphatic heterocycles. The Bertz CT molecular complexity index is 989. The van der Waals surface area contributed by atoms with E-state index < -0.39 is 5.82 Å². The second-order valence-corrected chi connectivity index (χ2v) is 7.37. The Labute approximate surface area is 168 Å². The van der Waals surface area contributed by atoms with Crippen molar-refractivity contribution in [2.75, 3.05) is 11.1 Å². The third-order valence-corrected chi connectivity index (χ3v) is 5.27. The highest BCUT2D eigenvalue weighted by atomic mass is 32.2. The molecule has 3 aromatic carbocycles. The quantitative estimate of drug-likeness (QED) is 0.435. The number of nitrogens with one attached hydrogen (secondary N) is 1. The second kappa shape index (κ2) is 9.33. The van der Waals surface area contributed by atoms with Gasteiger partial charge in [-0.25, -0.2) is 4.39 Å². The van der Waals surface area contributed by atoms with Gasteiger partial charge in [0.05, 0.1) is 5.75 Å². The largest absolute Gasteiger partial charge is 0.325 e. The number of carbonyl (C=O) groups is 2. The molecule has 0 heterocycles. The summed E-state index contributed by atoms with van der Waals surface area (Å²) in [5, 5.41) is 2.91. The molecule has 0 bridgehead atoms. The molecular formula is C23H20FNO2S. The van der Waals surface area contributed by atoms with Gasteiger partial charge in [-0.05, 0) is 42.7 Å². The predicted molar refractivity (Wildman–Crippen MR) is 111 cm³/mol. The van der Waals surface area contributed by atoms with E-state index in [9.17, 15) is 14.0 Å². The summed E-state index contributed by atoms with van der Waals surface area (Å²) in [5.74, 6) is -0.811. The van der Waals surface area contributed by atoms with Gasteiger partial charge in [-0.15, -0.1) is 11.8 Å². The van der Waals surface area contributed by atoms with Crippen LogP contribution in [0.2, 0.25) is 0 Å². The first-order valence-corrected chi connectivity index (χ1v) is 9.86. The Morgan fingerprint density at radius 3 is 2.39 bits per heavy atom. The van der Waals surface area contributed by atoms with Crippen molar-refractivity contribution in [1.29, 1.82) is 0 Å². The van der Waals surface area contributed by atoms with Gasteiger partial charge in [0.25, 0.3) is 0 Å². The summed E-state index contributed by atoms with van der Waals surface area (Å²) in [5.41, 5.74) is 3.25. The molecule has 0 aliphatic rings. The molecular weight excluding hydrogens is 373 g/mol. The summed E-state index contributed by atoms with van der Waals surface area (Å²) in [6.45, 7) is 1.39. The number of benzene rings is 3. The standard InChI is InChI=1S/C23H20FNO2S/c1-16(26)18-11-12-22(20(24)14-18)28-15-23(27)25-21-10-6-5-9-19(21)13-17-7-3-2-4-8-17/h2-12,14H,13,15H2,1H3,(H,25,27). The number of hydrogen-bond donors (Lipinski definition) is 1. The smallest absolute Gasteiger partial charge is 0.234 e. The highest BCUT2D eigenvalue weighted by Gasteiger charge is 2.11. The predicted octanol–water partition coefficient (Wildman–Crippen LogP) is 5.35. The Hall–Kier alpha value is -2.92. The molecule has 0 saturated carbocycles. The van der Waals surface area contributed by atoms with Crippen LogP contribution in [0.1, 0.15) is 28.4 Å². The molecule has 0 aromatic heterocycles. The first-order valence-electron chi connectivity index (χ1n) is 8.88. The van der Waals surface area contributed by atoms with E-state index in [0.29, 0.717) is 16.9 Å². The number of anilines is 1. The van der Waals surface area contributed by atoms with Crippen molar-refractivity contribution in [1.82, 2.24) is 0 Å². The topological polar surface area (TPSA) is 46.2 Å². The maximum absolute atomic E-state index is 14.1. The van der Waals surface area contributed by atoms with E-state index in [1.54, 1.807) is 6.07 Å². The maximum atomic E-state index is 14.1. The lowest BCUT2D eigenvalue weighted by Crippen LogP contribution is -2.15. The fraction of sp³-hybridized carbons (Fsp3) is 0.130. The molecule has 0 fully saturated rings. The lowest BCUT2D eigenvalue weighted by molar-refractivity contribution is -0.113. The zero-order valence-corrected chi connectivity index (χ0v) is 16.3. The Kier molecular flexibility index (Phi) is 6.61. The van der Waals surface area contributed by atoms with Crippen LogP contribution in [0.25, 0.3) is 0 Å². The highest BCUT2D eigenvalue weighted by molar-refractivity contribution is 8.00. The summed E-state index contributed by atoms with van der Waals surface area (Å²) in [6.07, 6.45) is 0.714. The molecule has 142 valence electrons. The van der Waals surface area contributed by atoms with Gasteiger partial charge in [-0.2, -0.15) is 0 Å². The van der Waals surface area contributed by atoms with Gasteiger partial charge in [0.15, 0.2) is 5.78 Å². The minimum atomic E-state index is -0.491. The van der Waals surface area contributed by atoms with Crippen molar-refractivity contribution in [3.05, 3.63) is 95.3 Å². The Morgan fingerprint density at radius 1 is 0.964 bits per heavy atom. The van der Waals surface area contributed by atoms with Gasteiger partial charge < -0.3 is 5.32 Å². The number of ketones is 1. The monoisotopic (exact) mass is 393 g/mol. The van der Waals surface area contributed by atoms with Crippen molar-refractivity contribution in [2.24, 2.45) is 0 Å². The summed E-state index contributed by atoms with van der Waals surface area (Å²) in [7, 11) is 0. The van der Waals surface area contributed by atoms with Crippen LogP contribution in [0, 0.1) is 5.82 Å².